The average Bonchev–Trinajstić information content (AvgIpc) is 3.44. The first-order valence-corrected chi connectivity index (χ1v) is 14.2. The van der Waals surface area contributed by atoms with Crippen molar-refractivity contribution in [2.75, 3.05) is 5.32 Å². The Morgan fingerprint density at radius 3 is 2.44 bits per heavy atom. The normalized spacial score (nSPS) is 24.6. The van der Waals surface area contributed by atoms with Crippen molar-refractivity contribution in [1.82, 2.24) is 29.7 Å². The Labute approximate surface area is 211 Å². The highest BCUT2D eigenvalue weighted by molar-refractivity contribution is 5.85. The summed E-state index contributed by atoms with van der Waals surface area (Å²) in [5, 5.41) is 7.61. The fraction of sp³-hybridized carbons (Fsp3) is 0.741. The Morgan fingerprint density at radius 2 is 1.78 bits per heavy atom. The van der Waals surface area contributed by atoms with Crippen molar-refractivity contribution < 1.29 is 4.52 Å². The summed E-state index contributed by atoms with van der Waals surface area (Å²) >= 11 is 0. The minimum atomic E-state index is -0.606. The molecule has 0 radical (unpaired) electrons. The molecule has 36 heavy (non-hydrogen) atoms. The predicted octanol–water partition coefficient (Wildman–Crippen LogP) is 5.64. The second kappa shape index (κ2) is 9.98. The molecule has 3 heterocycles. The van der Waals surface area contributed by atoms with E-state index in [1.807, 2.05) is 0 Å². The fourth-order valence-electron chi connectivity index (χ4n) is 6.49. The van der Waals surface area contributed by atoms with Gasteiger partial charge in [0.1, 0.15) is 11.3 Å². The summed E-state index contributed by atoms with van der Waals surface area (Å²) in [6.07, 6.45) is 15.1. The van der Waals surface area contributed by atoms with Crippen LogP contribution >= 0.6 is 0 Å². The van der Waals surface area contributed by atoms with E-state index < -0.39 is 5.76 Å². The molecule has 1 atom stereocenters. The molecule has 9 nitrogen and oxygen atoms in total. The van der Waals surface area contributed by atoms with Crippen LogP contribution < -0.4 is 11.1 Å². The third-order valence-electron chi connectivity index (χ3n) is 9.05. The standard InChI is InChI=1S/C27H39N7O2/c1-16-11-13-18(14-12-16)15-34-21-22(28-17(2)19-9-6-10-19)29-24(25-32-27(35)36-33-25)30-23(21)31-26(34)20-7-4-3-5-8-20/h16-20H,3-15H2,1-2H3,(H,28,29,30)(H,32,33,35)/t16?,17-,18?/m1/s1. The maximum atomic E-state index is 11.7. The van der Waals surface area contributed by atoms with Gasteiger partial charge in [0.2, 0.25) is 11.6 Å². The first-order chi connectivity index (χ1) is 17.5. The van der Waals surface area contributed by atoms with E-state index in [0.29, 0.717) is 35.3 Å². The van der Waals surface area contributed by atoms with Crippen LogP contribution in [0.1, 0.15) is 103 Å². The van der Waals surface area contributed by atoms with Crippen LogP contribution in [0.2, 0.25) is 0 Å². The molecule has 0 bridgehead atoms. The molecule has 6 rings (SSSR count). The molecule has 3 aliphatic rings. The minimum absolute atomic E-state index is 0.247. The van der Waals surface area contributed by atoms with Crippen molar-refractivity contribution in [1.29, 1.82) is 0 Å². The Hall–Kier alpha value is -2.71. The molecular formula is C27H39N7O2. The third kappa shape index (κ3) is 4.68. The van der Waals surface area contributed by atoms with Crippen LogP contribution in [0.4, 0.5) is 5.82 Å². The highest BCUT2D eigenvalue weighted by Gasteiger charge is 2.30. The van der Waals surface area contributed by atoms with Gasteiger partial charge < -0.3 is 9.88 Å². The number of nitrogens with one attached hydrogen (secondary N) is 2. The Morgan fingerprint density at radius 1 is 1.00 bits per heavy atom. The topological polar surface area (TPSA) is 115 Å². The van der Waals surface area contributed by atoms with Crippen molar-refractivity contribution in [2.24, 2.45) is 17.8 Å². The summed E-state index contributed by atoms with van der Waals surface area (Å²) in [5.41, 5.74) is 1.70. The number of imidazole rings is 1. The average molecular weight is 494 g/mol. The highest BCUT2D eigenvalue weighted by atomic mass is 16.5. The molecule has 0 saturated heterocycles. The molecule has 3 saturated carbocycles. The van der Waals surface area contributed by atoms with Crippen molar-refractivity contribution in [2.45, 2.75) is 109 Å². The number of nitrogens with zero attached hydrogens (tertiary/aromatic N) is 5. The molecule has 3 aliphatic carbocycles. The number of hydrogen-bond donors (Lipinski definition) is 2. The number of aromatic nitrogens is 6. The molecular weight excluding hydrogens is 454 g/mol. The summed E-state index contributed by atoms with van der Waals surface area (Å²) in [5.74, 6) is 4.56. The van der Waals surface area contributed by atoms with Gasteiger partial charge in [0.05, 0.1) is 0 Å². The van der Waals surface area contributed by atoms with E-state index in [-0.39, 0.29) is 5.82 Å². The fourth-order valence-corrected chi connectivity index (χ4v) is 6.49. The van der Waals surface area contributed by atoms with E-state index in [1.54, 1.807) is 0 Å². The zero-order chi connectivity index (χ0) is 24.6. The van der Waals surface area contributed by atoms with Gasteiger partial charge in [-0.1, -0.05) is 50.6 Å². The van der Waals surface area contributed by atoms with Crippen LogP contribution in [0.25, 0.3) is 22.8 Å². The van der Waals surface area contributed by atoms with Crippen molar-refractivity contribution in [3.05, 3.63) is 16.4 Å². The van der Waals surface area contributed by atoms with Crippen LogP contribution in [-0.4, -0.2) is 35.7 Å². The molecule has 0 aromatic carbocycles. The van der Waals surface area contributed by atoms with Gasteiger partial charge in [-0.05, 0) is 63.2 Å². The smallest absolute Gasteiger partial charge is 0.365 e. The van der Waals surface area contributed by atoms with Crippen LogP contribution in [0.3, 0.4) is 0 Å². The largest absolute Gasteiger partial charge is 0.439 e. The number of fused-ring (bicyclic) bond motifs is 1. The van der Waals surface area contributed by atoms with E-state index in [1.165, 1.54) is 82.9 Å². The summed E-state index contributed by atoms with van der Waals surface area (Å²) in [6, 6.07) is 0.304. The molecule has 3 aromatic rings. The quantitative estimate of drug-likeness (QED) is 0.437. The van der Waals surface area contributed by atoms with Gasteiger partial charge in [-0.3, -0.25) is 9.51 Å². The van der Waals surface area contributed by atoms with Gasteiger partial charge in [0, 0.05) is 18.5 Å². The lowest BCUT2D eigenvalue weighted by Gasteiger charge is -2.32. The molecule has 9 heteroatoms. The SMILES string of the molecule is CC1CCC(Cn2c(C3CCCCC3)nc3nc(-c4noc(=O)[nH]4)nc(N[C@H](C)C4CCC4)c32)CC1. The summed E-state index contributed by atoms with van der Waals surface area (Å²) in [6.45, 7) is 5.61. The van der Waals surface area contributed by atoms with E-state index in [2.05, 4.69) is 33.9 Å². The summed E-state index contributed by atoms with van der Waals surface area (Å²) < 4.78 is 7.23. The van der Waals surface area contributed by atoms with Crippen LogP contribution in [0.5, 0.6) is 0 Å². The van der Waals surface area contributed by atoms with Gasteiger partial charge in [0.25, 0.3) is 0 Å². The van der Waals surface area contributed by atoms with Crippen molar-refractivity contribution in [3.63, 3.8) is 0 Å². The lowest BCUT2D eigenvalue weighted by molar-refractivity contribution is 0.262. The third-order valence-corrected chi connectivity index (χ3v) is 9.05. The van der Waals surface area contributed by atoms with Crippen LogP contribution in [0, 0.1) is 17.8 Å². The lowest BCUT2D eigenvalue weighted by Crippen LogP contribution is -2.31. The molecule has 2 N–H and O–H groups in total. The first kappa shape index (κ1) is 23.7. The maximum Gasteiger partial charge on any atom is 0.439 e. The van der Waals surface area contributed by atoms with Gasteiger partial charge in [-0.15, -0.1) is 0 Å². The maximum absolute atomic E-state index is 11.7. The Bertz CT molecular complexity index is 1240. The monoisotopic (exact) mass is 493 g/mol. The van der Waals surface area contributed by atoms with E-state index in [9.17, 15) is 4.79 Å². The number of rotatable bonds is 7. The van der Waals surface area contributed by atoms with Crippen LogP contribution in [-0.2, 0) is 6.54 Å². The van der Waals surface area contributed by atoms with Gasteiger partial charge in [0.15, 0.2) is 11.5 Å². The van der Waals surface area contributed by atoms with Crippen molar-refractivity contribution in [3.8, 4) is 11.6 Å². The molecule has 0 unspecified atom stereocenters. The number of H-pyrrole nitrogens is 1. The highest BCUT2D eigenvalue weighted by Crippen LogP contribution is 2.39. The van der Waals surface area contributed by atoms with Gasteiger partial charge in [-0.2, -0.15) is 0 Å². The first-order valence-electron chi connectivity index (χ1n) is 14.2. The van der Waals surface area contributed by atoms with E-state index >= 15 is 0 Å². The van der Waals surface area contributed by atoms with E-state index in [4.69, 9.17) is 19.5 Å². The van der Waals surface area contributed by atoms with Crippen LogP contribution in [0.15, 0.2) is 9.32 Å². The van der Waals surface area contributed by atoms with Gasteiger partial charge >= 0.3 is 5.76 Å². The van der Waals surface area contributed by atoms with Gasteiger partial charge in [-0.25, -0.2) is 19.7 Å². The molecule has 3 aromatic heterocycles. The molecule has 194 valence electrons. The second-order valence-electron chi connectivity index (χ2n) is 11.7. The predicted molar refractivity (Wildman–Crippen MR) is 139 cm³/mol. The Balaban J connectivity index is 1.46. The number of aromatic amines is 1. The zero-order valence-electron chi connectivity index (χ0n) is 21.6. The Kier molecular flexibility index (Phi) is 6.56. The van der Waals surface area contributed by atoms with Crippen molar-refractivity contribution >= 4 is 17.0 Å². The molecule has 3 fully saturated rings. The summed E-state index contributed by atoms with van der Waals surface area (Å²) in [4.78, 5) is 29.2. The second-order valence-corrected chi connectivity index (χ2v) is 11.7. The van der Waals surface area contributed by atoms with E-state index in [0.717, 1.165) is 23.8 Å². The minimum Gasteiger partial charge on any atom is -0.365 e. The summed E-state index contributed by atoms with van der Waals surface area (Å²) in [7, 11) is 0. The molecule has 0 amide bonds. The zero-order valence-corrected chi connectivity index (χ0v) is 21.6. The molecule has 0 spiro atoms. The molecule has 0 aliphatic heterocycles. The lowest BCUT2D eigenvalue weighted by atomic mass is 9.80. The number of anilines is 1. The number of hydrogen-bond acceptors (Lipinski definition) is 7.